The molecule has 0 aliphatic carbocycles. The molecule has 0 saturated heterocycles. The molecule has 0 aromatic heterocycles. The van der Waals surface area contributed by atoms with E-state index >= 15 is 0 Å². The molecule has 0 heterocycles. The topological polar surface area (TPSA) is 56.8 Å². The maximum Gasteiger partial charge on any atom is 0.573 e. The maximum absolute atomic E-state index is 14.1. The first-order valence-corrected chi connectivity index (χ1v) is 9.69. The minimum absolute atomic E-state index is 0.256. The Morgan fingerprint density at radius 3 is 2.55 bits per heavy atom. The third-order valence-corrected chi connectivity index (χ3v) is 4.07. The average molecular weight is 445 g/mol. The standard InChI is InChI=1S/C22H27F4NO4/c1-5-15(4)10-8-11-16(6-2)27-21(28)30-17(7-3)14-29-18-12-9-13-19(20(18)23)31-22(24,25)26/h5-6,8-9,11-13,15,17H,1,7,10,14H2,2-4H3,(H,27,28)/b11-8-,16-6+. The molecule has 0 spiro atoms. The summed E-state index contributed by atoms with van der Waals surface area (Å²) in [6, 6.07) is 3.14. The van der Waals surface area contributed by atoms with Crippen LogP contribution in [-0.4, -0.2) is 25.2 Å². The highest BCUT2D eigenvalue weighted by Crippen LogP contribution is 2.31. The molecule has 1 aromatic rings. The van der Waals surface area contributed by atoms with Crippen LogP contribution >= 0.6 is 0 Å². The fraction of sp³-hybridized carbons (Fsp3) is 0.409. The fourth-order valence-corrected chi connectivity index (χ4v) is 2.24. The van der Waals surface area contributed by atoms with Crippen LogP contribution in [0.25, 0.3) is 0 Å². The number of alkyl carbamates (subject to hydrolysis) is 1. The zero-order valence-electron chi connectivity index (χ0n) is 17.7. The number of rotatable bonds is 11. The van der Waals surface area contributed by atoms with Crippen LogP contribution in [-0.2, 0) is 4.74 Å². The molecule has 31 heavy (non-hydrogen) atoms. The van der Waals surface area contributed by atoms with Crippen LogP contribution in [0.5, 0.6) is 11.5 Å². The predicted octanol–water partition coefficient (Wildman–Crippen LogP) is 6.28. The van der Waals surface area contributed by atoms with Crippen LogP contribution in [0.15, 0.2) is 54.8 Å². The lowest BCUT2D eigenvalue weighted by Gasteiger charge is -2.18. The Kier molecular flexibility index (Phi) is 10.6. The van der Waals surface area contributed by atoms with E-state index in [1.54, 1.807) is 26.0 Å². The van der Waals surface area contributed by atoms with Gasteiger partial charge in [-0.3, -0.25) is 5.32 Å². The number of nitrogens with one attached hydrogen (secondary N) is 1. The molecule has 172 valence electrons. The Morgan fingerprint density at radius 2 is 1.97 bits per heavy atom. The first-order chi connectivity index (χ1) is 14.6. The Balaban J connectivity index is 2.65. The number of hydrogen-bond donors (Lipinski definition) is 1. The minimum atomic E-state index is -5.03. The molecule has 9 heteroatoms. The van der Waals surface area contributed by atoms with E-state index in [1.165, 1.54) is 0 Å². The Labute approximate surface area is 179 Å². The lowest BCUT2D eigenvalue weighted by atomic mass is 10.1. The van der Waals surface area contributed by atoms with E-state index in [2.05, 4.69) is 16.6 Å². The summed E-state index contributed by atoms with van der Waals surface area (Å²) in [7, 11) is 0. The molecule has 0 bridgehead atoms. The molecule has 0 aliphatic rings. The molecule has 2 unspecified atom stereocenters. The molecule has 2 atom stereocenters. The van der Waals surface area contributed by atoms with E-state index in [0.717, 1.165) is 24.6 Å². The van der Waals surface area contributed by atoms with Crippen molar-refractivity contribution >= 4 is 6.09 Å². The molecule has 5 nitrogen and oxygen atoms in total. The summed E-state index contributed by atoms with van der Waals surface area (Å²) in [6.45, 7) is 8.92. The summed E-state index contributed by atoms with van der Waals surface area (Å²) in [5, 5.41) is 2.58. The van der Waals surface area contributed by atoms with Crippen molar-refractivity contribution in [1.82, 2.24) is 5.32 Å². The minimum Gasteiger partial charge on any atom is -0.486 e. The van der Waals surface area contributed by atoms with E-state index < -0.39 is 35.9 Å². The third kappa shape index (κ3) is 10.1. The second-order valence-electron chi connectivity index (χ2n) is 6.58. The molecule has 0 saturated carbocycles. The monoisotopic (exact) mass is 445 g/mol. The lowest BCUT2D eigenvalue weighted by Crippen LogP contribution is -2.31. The first-order valence-electron chi connectivity index (χ1n) is 9.69. The van der Waals surface area contributed by atoms with Gasteiger partial charge in [0.15, 0.2) is 11.5 Å². The molecule has 1 rings (SSSR count). The molecule has 1 N–H and O–H groups in total. The number of amides is 1. The largest absolute Gasteiger partial charge is 0.573 e. The van der Waals surface area contributed by atoms with Gasteiger partial charge in [0, 0.05) is 5.70 Å². The normalized spacial score (nSPS) is 14.1. The second-order valence-corrected chi connectivity index (χ2v) is 6.58. The number of alkyl halides is 3. The number of halogens is 4. The van der Waals surface area contributed by atoms with Crippen molar-refractivity contribution < 1.29 is 36.6 Å². The Bertz CT molecular complexity index is 790. The Morgan fingerprint density at radius 1 is 1.29 bits per heavy atom. The predicted molar refractivity (Wildman–Crippen MR) is 109 cm³/mol. The van der Waals surface area contributed by atoms with Crippen LogP contribution < -0.4 is 14.8 Å². The van der Waals surface area contributed by atoms with Crippen LogP contribution in [0, 0.1) is 11.7 Å². The van der Waals surface area contributed by atoms with Gasteiger partial charge in [0.1, 0.15) is 12.7 Å². The zero-order valence-corrected chi connectivity index (χ0v) is 17.7. The highest BCUT2D eigenvalue weighted by atomic mass is 19.4. The van der Waals surface area contributed by atoms with Crippen molar-refractivity contribution in [2.24, 2.45) is 5.92 Å². The molecule has 0 fully saturated rings. The number of allylic oxidation sites excluding steroid dienone is 4. The van der Waals surface area contributed by atoms with Gasteiger partial charge in [0.2, 0.25) is 5.82 Å². The van der Waals surface area contributed by atoms with E-state index in [-0.39, 0.29) is 6.61 Å². The first kappa shape index (κ1) is 26.1. The third-order valence-electron chi connectivity index (χ3n) is 4.07. The van der Waals surface area contributed by atoms with E-state index in [1.807, 2.05) is 19.1 Å². The quantitative estimate of drug-likeness (QED) is 0.247. The van der Waals surface area contributed by atoms with Gasteiger partial charge in [-0.15, -0.1) is 19.8 Å². The summed E-state index contributed by atoms with van der Waals surface area (Å²) in [6.07, 6.45) is 1.71. The summed E-state index contributed by atoms with van der Waals surface area (Å²) in [5.41, 5.74) is 0.528. The lowest BCUT2D eigenvalue weighted by molar-refractivity contribution is -0.275. The number of hydrogen-bond acceptors (Lipinski definition) is 4. The van der Waals surface area contributed by atoms with Gasteiger partial charge in [-0.1, -0.05) is 38.1 Å². The molecule has 0 radical (unpaired) electrons. The Hall–Kier alpha value is -2.97. The summed E-state index contributed by atoms with van der Waals surface area (Å²) in [5.74, 6) is -2.46. The van der Waals surface area contributed by atoms with Crippen LogP contribution in [0.3, 0.4) is 0 Å². The van der Waals surface area contributed by atoms with Crippen molar-refractivity contribution in [3.63, 3.8) is 0 Å². The van der Waals surface area contributed by atoms with Gasteiger partial charge < -0.3 is 14.2 Å². The summed E-state index contributed by atoms with van der Waals surface area (Å²) < 4.78 is 65.2. The van der Waals surface area contributed by atoms with E-state index in [9.17, 15) is 22.4 Å². The van der Waals surface area contributed by atoms with Gasteiger partial charge in [-0.2, -0.15) is 4.39 Å². The smallest absolute Gasteiger partial charge is 0.486 e. The highest BCUT2D eigenvalue weighted by molar-refractivity contribution is 5.70. The number of carbonyl (C=O) groups is 1. The van der Waals surface area contributed by atoms with Gasteiger partial charge in [0.25, 0.3) is 0 Å². The van der Waals surface area contributed by atoms with Gasteiger partial charge >= 0.3 is 12.5 Å². The molecule has 1 aromatic carbocycles. The van der Waals surface area contributed by atoms with Crippen molar-refractivity contribution in [3.05, 3.63) is 60.6 Å². The molecular formula is C22H27F4NO4. The van der Waals surface area contributed by atoms with Gasteiger partial charge in [0.05, 0.1) is 0 Å². The zero-order chi connectivity index (χ0) is 23.4. The number of ether oxygens (including phenoxy) is 3. The van der Waals surface area contributed by atoms with Crippen molar-refractivity contribution in [2.75, 3.05) is 6.61 Å². The molecule has 0 aliphatic heterocycles. The van der Waals surface area contributed by atoms with Crippen LogP contribution in [0.4, 0.5) is 22.4 Å². The van der Waals surface area contributed by atoms with Gasteiger partial charge in [-0.05, 0) is 43.9 Å². The van der Waals surface area contributed by atoms with Crippen LogP contribution in [0.2, 0.25) is 0 Å². The summed E-state index contributed by atoms with van der Waals surface area (Å²) >= 11 is 0. The molecule has 1 amide bonds. The SMILES string of the molecule is C=CC(C)C/C=C\C(=C/C)NC(=O)OC(CC)COc1cccc(OC(F)(F)F)c1F. The second kappa shape index (κ2) is 12.7. The number of carbonyl (C=O) groups excluding carboxylic acids is 1. The van der Waals surface area contributed by atoms with Crippen LogP contribution in [0.1, 0.15) is 33.6 Å². The maximum atomic E-state index is 14.1. The van der Waals surface area contributed by atoms with Crippen molar-refractivity contribution in [3.8, 4) is 11.5 Å². The fourth-order valence-electron chi connectivity index (χ4n) is 2.24. The summed E-state index contributed by atoms with van der Waals surface area (Å²) in [4.78, 5) is 12.1. The van der Waals surface area contributed by atoms with Gasteiger partial charge in [-0.25, -0.2) is 4.79 Å². The van der Waals surface area contributed by atoms with Crippen molar-refractivity contribution in [1.29, 1.82) is 0 Å². The highest BCUT2D eigenvalue weighted by Gasteiger charge is 2.33. The van der Waals surface area contributed by atoms with Crippen molar-refractivity contribution in [2.45, 2.75) is 46.1 Å². The number of benzene rings is 1. The van der Waals surface area contributed by atoms with E-state index in [0.29, 0.717) is 18.0 Å². The molecular weight excluding hydrogens is 418 g/mol. The van der Waals surface area contributed by atoms with E-state index in [4.69, 9.17) is 9.47 Å². The average Bonchev–Trinajstić information content (AvgIpc) is 2.71.